The van der Waals surface area contributed by atoms with Gasteiger partial charge in [0.2, 0.25) is 0 Å². The van der Waals surface area contributed by atoms with Gasteiger partial charge in [0.05, 0.1) is 11.0 Å². The first-order valence-electron chi connectivity index (χ1n) is 5.67. The number of aromatic amines is 1. The summed E-state index contributed by atoms with van der Waals surface area (Å²) in [6, 6.07) is 4.33. The van der Waals surface area contributed by atoms with E-state index in [-0.39, 0.29) is 0 Å². The molecule has 0 atom stereocenters. The molecule has 0 radical (unpaired) electrons. The van der Waals surface area contributed by atoms with Crippen LogP contribution in [-0.4, -0.2) is 35.5 Å². The molecule has 0 aliphatic rings. The van der Waals surface area contributed by atoms with Crippen molar-refractivity contribution in [2.45, 2.75) is 20.3 Å². The van der Waals surface area contributed by atoms with Crippen LogP contribution in [0.2, 0.25) is 0 Å². The normalized spacial score (nSPS) is 11.6. The molecule has 0 spiro atoms. The molecule has 2 rings (SSSR count). The molecule has 1 aromatic heterocycles. The smallest absolute Gasteiger partial charge is 0.108 e. The molecule has 86 valence electrons. The fourth-order valence-corrected chi connectivity index (χ4v) is 1.77. The average molecular weight is 217 g/mol. The number of H-pyrrole nitrogens is 1. The molecule has 1 N–H and O–H groups in total. The Bertz CT molecular complexity index is 458. The number of nitrogens with zero attached hydrogens (tertiary/aromatic N) is 2. The molecule has 0 unspecified atom stereocenters. The van der Waals surface area contributed by atoms with Crippen molar-refractivity contribution in [3.63, 3.8) is 0 Å². The topological polar surface area (TPSA) is 31.9 Å². The molecular formula is C13H19N3. The average Bonchev–Trinajstić information content (AvgIpc) is 2.58. The third kappa shape index (κ3) is 2.25. The standard InChI is InChI=1S/C13H19N3/c1-9-7-11-12(8-10(9)2)15-13(14-11)5-6-16(3)4/h7-8H,5-6H2,1-4H3,(H,14,15). The minimum atomic E-state index is 0.972. The highest BCUT2D eigenvalue weighted by atomic mass is 15.1. The van der Waals surface area contributed by atoms with E-state index in [0.717, 1.165) is 29.8 Å². The quantitative estimate of drug-likeness (QED) is 0.855. The third-order valence-corrected chi connectivity index (χ3v) is 2.94. The van der Waals surface area contributed by atoms with Gasteiger partial charge in [-0.1, -0.05) is 0 Å². The van der Waals surface area contributed by atoms with E-state index >= 15 is 0 Å². The summed E-state index contributed by atoms with van der Waals surface area (Å²) in [5, 5.41) is 0. The van der Waals surface area contributed by atoms with Crippen molar-refractivity contribution in [1.82, 2.24) is 14.9 Å². The Kier molecular flexibility index (Phi) is 2.97. The number of likely N-dealkylation sites (N-methyl/N-ethyl adjacent to an activating group) is 1. The fourth-order valence-electron chi connectivity index (χ4n) is 1.77. The molecule has 0 fully saturated rings. The van der Waals surface area contributed by atoms with Gasteiger partial charge in [-0.15, -0.1) is 0 Å². The van der Waals surface area contributed by atoms with E-state index in [2.05, 4.69) is 54.9 Å². The Balaban J connectivity index is 2.29. The van der Waals surface area contributed by atoms with Crippen LogP contribution in [0.1, 0.15) is 17.0 Å². The predicted molar refractivity (Wildman–Crippen MR) is 67.8 cm³/mol. The van der Waals surface area contributed by atoms with Gasteiger partial charge >= 0.3 is 0 Å². The molecular weight excluding hydrogens is 198 g/mol. The first-order chi connectivity index (χ1) is 7.56. The van der Waals surface area contributed by atoms with Crippen LogP contribution in [0.25, 0.3) is 11.0 Å². The van der Waals surface area contributed by atoms with Crippen molar-refractivity contribution >= 4 is 11.0 Å². The minimum absolute atomic E-state index is 0.972. The van der Waals surface area contributed by atoms with Crippen LogP contribution in [0.5, 0.6) is 0 Å². The number of rotatable bonds is 3. The summed E-state index contributed by atoms with van der Waals surface area (Å²) in [5.74, 6) is 1.08. The van der Waals surface area contributed by atoms with Crippen LogP contribution in [0.3, 0.4) is 0 Å². The Labute approximate surface area is 96.5 Å². The molecule has 1 heterocycles. The Hall–Kier alpha value is -1.35. The van der Waals surface area contributed by atoms with E-state index in [4.69, 9.17) is 0 Å². The van der Waals surface area contributed by atoms with Gasteiger partial charge in [0.15, 0.2) is 0 Å². The van der Waals surface area contributed by atoms with Crippen molar-refractivity contribution in [1.29, 1.82) is 0 Å². The van der Waals surface area contributed by atoms with Gasteiger partial charge in [-0.2, -0.15) is 0 Å². The third-order valence-electron chi connectivity index (χ3n) is 2.94. The molecule has 2 aromatic rings. The summed E-state index contributed by atoms with van der Waals surface area (Å²) in [4.78, 5) is 10.2. The molecule has 1 aromatic carbocycles. The summed E-state index contributed by atoms with van der Waals surface area (Å²) >= 11 is 0. The molecule has 0 aliphatic carbocycles. The number of benzene rings is 1. The molecule has 0 bridgehead atoms. The second kappa shape index (κ2) is 4.26. The Morgan fingerprint density at radius 2 is 1.88 bits per heavy atom. The van der Waals surface area contributed by atoms with E-state index < -0.39 is 0 Å². The van der Waals surface area contributed by atoms with E-state index in [1.54, 1.807) is 0 Å². The summed E-state index contributed by atoms with van der Waals surface area (Å²) in [5.41, 5.74) is 4.85. The summed E-state index contributed by atoms with van der Waals surface area (Å²) in [6.07, 6.45) is 0.972. The van der Waals surface area contributed by atoms with E-state index in [0.29, 0.717) is 0 Å². The van der Waals surface area contributed by atoms with Gasteiger partial charge in [0, 0.05) is 13.0 Å². The van der Waals surface area contributed by atoms with Crippen molar-refractivity contribution in [2.24, 2.45) is 0 Å². The zero-order valence-corrected chi connectivity index (χ0v) is 10.5. The Morgan fingerprint density at radius 1 is 1.19 bits per heavy atom. The number of hydrogen-bond donors (Lipinski definition) is 1. The maximum atomic E-state index is 4.60. The lowest BCUT2D eigenvalue weighted by Gasteiger charge is -2.06. The predicted octanol–water partition coefficient (Wildman–Crippen LogP) is 2.28. The lowest BCUT2D eigenvalue weighted by atomic mass is 10.1. The summed E-state index contributed by atoms with van der Waals surface area (Å²) in [6.45, 7) is 5.29. The van der Waals surface area contributed by atoms with Crippen LogP contribution in [-0.2, 0) is 6.42 Å². The fraction of sp³-hybridized carbons (Fsp3) is 0.462. The number of imidazole rings is 1. The zero-order valence-electron chi connectivity index (χ0n) is 10.5. The second-order valence-corrected chi connectivity index (χ2v) is 4.69. The molecule has 0 saturated heterocycles. The molecule has 0 amide bonds. The zero-order chi connectivity index (χ0) is 11.7. The van der Waals surface area contributed by atoms with Crippen LogP contribution in [0.4, 0.5) is 0 Å². The van der Waals surface area contributed by atoms with Crippen molar-refractivity contribution < 1.29 is 0 Å². The van der Waals surface area contributed by atoms with Gasteiger partial charge in [0.25, 0.3) is 0 Å². The van der Waals surface area contributed by atoms with Crippen molar-refractivity contribution in [3.8, 4) is 0 Å². The summed E-state index contributed by atoms with van der Waals surface area (Å²) < 4.78 is 0. The molecule has 0 aliphatic heterocycles. The molecule has 0 saturated carbocycles. The van der Waals surface area contributed by atoms with Crippen LogP contribution < -0.4 is 0 Å². The maximum absolute atomic E-state index is 4.60. The number of aryl methyl sites for hydroxylation is 2. The van der Waals surface area contributed by atoms with E-state index in [1.807, 2.05) is 0 Å². The van der Waals surface area contributed by atoms with Crippen LogP contribution >= 0.6 is 0 Å². The summed E-state index contributed by atoms with van der Waals surface area (Å²) in [7, 11) is 4.16. The maximum Gasteiger partial charge on any atom is 0.108 e. The monoisotopic (exact) mass is 217 g/mol. The molecule has 3 nitrogen and oxygen atoms in total. The first-order valence-corrected chi connectivity index (χ1v) is 5.67. The van der Waals surface area contributed by atoms with E-state index in [9.17, 15) is 0 Å². The molecule has 3 heteroatoms. The highest BCUT2D eigenvalue weighted by Gasteiger charge is 2.04. The van der Waals surface area contributed by atoms with Crippen molar-refractivity contribution in [2.75, 3.05) is 20.6 Å². The van der Waals surface area contributed by atoms with Gasteiger partial charge in [0.1, 0.15) is 5.82 Å². The van der Waals surface area contributed by atoms with Crippen LogP contribution in [0.15, 0.2) is 12.1 Å². The number of nitrogens with one attached hydrogen (secondary N) is 1. The lowest BCUT2D eigenvalue weighted by molar-refractivity contribution is 0.410. The first kappa shape index (κ1) is 11.1. The Morgan fingerprint density at radius 3 is 2.56 bits per heavy atom. The number of hydrogen-bond acceptors (Lipinski definition) is 2. The van der Waals surface area contributed by atoms with Gasteiger partial charge in [-0.25, -0.2) is 4.98 Å². The highest BCUT2D eigenvalue weighted by Crippen LogP contribution is 2.17. The SMILES string of the molecule is Cc1cc2nc(CCN(C)C)[nH]c2cc1C. The number of fused-ring (bicyclic) bond motifs is 1. The van der Waals surface area contributed by atoms with E-state index in [1.165, 1.54) is 11.1 Å². The van der Waals surface area contributed by atoms with Gasteiger partial charge < -0.3 is 9.88 Å². The van der Waals surface area contributed by atoms with Crippen LogP contribution in [0, 0.1) is 13.8 Å². The van der Waals surface area contributed by atoms with Gasteiger partial charge in [-0.05, 0) is 51.2 Å². The second-order valence-electron chi connectivity index (χ2n) is 4.69. The van der Waals surface area contributed by atoms with Gasteiger partial charge in [-0.3, -0.25) is 0 Å². The largest absolute Gasteiger partial charge is 0.342 e. The molecule has 16 heavy (non-hydrogen) atoms. The number of aromatic nitrogens is 2. The highest BCUT2D eigenvalue weighted by molar-refractivity contribution is 5.77. The van der Waals surface area contributed by atoms with Crippen molar-refractivity contribution in [3.05, 3.63) is 29.1 Å². The minimum Gasteiger partial charge on any atom is -0.342 e. The lowest BCUT2D eigenvalue weighted by Crippen LogP contribution is -2.15.